The van der Waals surface area contributed by atoms with Crippen LogP contribution in [-0.2, 0) is 11.3 Å². The van der Waals surface area contributed by atoms with E-state index in [4.69, 9.17) is 0 Å². The first-order chi connectivity index (χ1) is 15.1. The molecule has 0 bridgehead atoms. The van der Waals surface area contributed by atoms with Gasteiger partial charge in [-0.1, -0.05) is 48.5 Å². The van der Waals surface area contributed by atoms with E-state index in [1.807, 2.05) is 53.1 Å². The van der Waals surface area contributed by atoms with Gasteiger partial charge in [-0.05, 0) is 24.6 Å². The van der Waals surface area contributed by atoms with Crippen molar-refractivity contribution in [2.75, 3.05) is 52.4 Å². The zero-order chi connectivity index (χ0) is 21.6. The molecule has 2 aromatic carbocycles. The van der Waals surface area contributed by atoms with Gasteiger partial charge in [-0.25, -0.2) is 0 Å². The van der Waals surface area contributed by atoms with Crippen LogP contribution in [0.25, 0.3) is 0 Å². The van der Waals surface area contributed by atoms with E-state index >= 15 is 0 Å². The molecule has 2 fully saturated rings. The molecule has 6 heteroatoms. The molecule has 0 N–H and O–H groups in total. The maximum Gasteiger partial charge on any atom is 0.253 e. The highest BCUT2D eigenvalue weighted by atomic mass is 16.2. The highest BCUT2D eigenvalue weighted by molar-refractivity contribution is 5.94. The number of amides is 2. The Morgan fingerprint density at radius 3 is 1.90 bits per heavy atom. The van der Waals surface area contributed by atoms with E-state index in [9.17, 15) is 9.59 Å². The predicted octanol–water partition coefficient (Wildman–Crippen LogP) is 2.18. The van der Waals surface area contributed by atoms with Crippen molar-refractivity contribution in [1.29, 1.82) is 0 Å². The molecule has 0 radical (unpaired) electrons. The van der Waals surface area contributed by atoms with E-state index in [-0.39, 0.29) is 17.9 Å². The van der Waals surface area contributed by atoms with E-state index in [0.717, 1.165) is 51.4 Å². The highest BCUT2D eigenvalue weighted by Gasteiger charge is 2.31. The number of hydrogen-bond acceptors (Lipinski definition) is 4. The fourth-order valence-electron chi connectivity index (χ4n) is 4.46. The Balaban J connectivity index is 1.23. The van der Waals surface area contributed by atoms with Gasteiger partial charge in [0.1, 0.15) is 0 Å². The summed E-state index contributed by atoms with van der Waals surface area (Å²) in [6.07, 6.45) is 0. The minimum absolute atomic E-state index is 0.0776. The van der Waals surface area contributed by atoms with Crippen LogP contribution < -0.4 is 0 Å². The minimum Gasteiger partial charge on any atom is -0.339 e. The van der Waals surface area contributed by atoms with Crippen molar-refractivity contribution >= 4 is 11.8 Å². The van der Waals surface area contributed by atoms with Crippen molar-refractivity contribution in [2.45, 2.75) is 19.5 Å². The second-order valence-electron chi connectivity index (χ2n) is 8.46. The molecule has 2 aliphatic heterocycles. The summed E-state index contributed by atoms with van der Waals surface area (Å²) in [4.78, 5) is 34.3. The van der Waals surface area contributed by atoms with Crippen molar-refractivity contribution in [1.82, 2.24) is 19.6 Å². The minimum atomic E-state index is -0.144. The number of nitrogens with zero attached hydrogens (tertiary/aromatic N) is 4. The van der Waals surface area contributed by atoms with E-state index in [1.165, 1.54) is 5.56 Å². The maximum atomic E-state index is 13.1. The Hall–Kier alpha value is -2.70. The lowest BCUT2D eigenvalue weighted by atomic mass is 10.1. The molecular formula is C25H32N4O2. The number of hydrogen-bond donors (Lipinski definition) is 0. The third-order valence-corrected chi connectivity index (χ3v) is 6.46. The average molecular weight is 421 g/mol. The monoisotopic (exact) mass is 420 g/mol. The summed E-state index contributed by atoms with van der Waals surface area (Å²) in [6, 6.07) is 19.8. The lowest BCUT2D eigenvalue weighted by Crippen LogP contribution is -2.57. The Labute approximate surface area is 185 Å². The van der Waals surface area contributed by atoms with Crippen LogP contribution in [0.4, 0.5) is 0 Å². The number of benzene rings is 2. The van der Waals surface area contributed by atoms with Crippen LogP contribution >= 0.6 is 0 Å². The quantitative estimate of drug-likeness (QED) is 0.744. The first-order valence-electron chi connectivity index (χ1n) is 11.3. The van der Waals surface area contributed by atoms with Crippen molar-refractivity contribution in [2.24, 2.45) is 0 Å². The fraction of sp³-hybridized carbons (Fsp3) is 0.440. The van der Waals surface area contributed by atoms with Gasteiger partial charge in [0.15, 0.2) is 0 Å². The van der Waals surface area contributed by atoms with Gasteiger partial charge in [-0.3, -0.25) is 19.4 Å². The smallest absolute Gasteiger partial charge is 0.253 e. The molecule has 164 valence electrons. The summed E-state index contributed by atoms with van der Waals surface area (Å²) in [5.74, 6) is 0.288. The number of rotatable bonds is 5. The second kappa shape index (κ2) is 10.1. The molecule has 2 aromatic rings. The van der Waals surface area contributed by atoms with Crippen molar-refractivity contribution in [3.8, 4) is 0 Å². The number of carbonyl (C=O) groups is 2. The third kappa shape index (κ3) is 5.32. The fourth-order valence-corrected chi connectivity index (χ4v) is 4.46. The molecule has 0 aromatic heterocycles. The standard InChI is InChI=1S/C25H32N4O2/c1-21(27-16-18-29(19-17-27)25(31)23-10-6-3-7-11-23)24(30)28-14-12-26(13-15-28)20-22-8-4-2-5-9-22/h2-11,21H,12-20H2,1H3. The van der Waals surface area contributed by atoms with Gasteiger partial charge < -0.3 is 9.80 Å². The van der Waals surface area contributed by atoms with E-state index in [0.29, 0.717) is 13.1 Å². The molecule has 2 aliphatic rings. The van der Waals surface area contributed by atoms with Crippen LogP contribution in [0, 0.1) is 0 Å². The van der Waals surface area contributed by atoms with Gasteiger partial charge in [-0.2, -0.15) is 0 Å². The molecule has 2 heterocycles. The lowest BCUT2D eigenvalue weighted by Gasteiger charge is -2.41. The molecule has 0 aliphatic carbocycles. The average Bonchev–Trinajstić information content (AvgIpc) is 2.84. The van der Waals surface area contributed by atoms with Crippen molar-refractivity contribution in [3.05, 3.63) is 71.8 Å². The summed E-state index contributed by atoms with van der Waals surface area (Å²) >= 11 is 0. The van der Waals surface area contributed by atoms with E-state index < -0.39 is 0 Å². The summed E-state index contributed by atoms with van der Waals surface area (Å²) in [5, 5.41) is 0. The summed E-state index contributed by atoms with van der Waals surface area (Å²) in [5.41, 5.74) is 2.05. The largest absolute Gasteiger partial charge is 0.339 e. The van der Waals surface area contributed by atoms with Gasteiger partial charge in [0.25, 0.3) is 5.91 Å². The van der Waals surface area contributed by atoms with Gasteiger partial charge in [0.05, 0.1) is 6.04 Å². The van der Waals surface area contributed by atoms with Crippen LogP contribution in [0.5, 0.6) is 0 Å². The summed E-state index contributed by atoms with van der Waals surface area (Å²) in [6.45, 7) is 9.12. The Kier molecular flexibility index (Phi) is 6.99. The topological polar surface area (TPSA) is 47.1 Å². The molecule has 2 saturated heterocycles. The van der Waals surface area contributed by atoms with Gasteiger partial charge in [0, 0.05) is 64.5 Å². The van der Waals surface area contributed by atoms with Crippen LogP contribution in [0.2, 0.25) is 0 Å². The lowest BCUT2D eigenvalue weighted by molar-refractivity contribution is -0.138. The Morgan fingerprint density at radius 2 is 1.29 bits per heavy atom. The third-order valence-electron chi connectivity index (χ3n) is 6.46. The van der Waals surface area contributed by atoms with Crippen molar-refractivity contribution < 1.29 is 9.59 Å². The molecule has 4 rings (SSSR count). The first kappa shape index (κ1) is 21.5. The van der Waals surface area contributed by atoms with Crippen molar-refractivity contribution in [3.63, 3.8) is 0 Å². The Morgan fingerprint density at radius 1 is 0.742 bits per heavy atom. The summed E-state index contributed by atoms with van der Waals surface area (Å²) in [7, 11) is 0. The maximum absolute atomic E-state index is 13.1. The molecule has 2 amide bonds. The highest BCUT2D eigenvalue weighted by Crippen LogP contribution is 2.14. The molecule has 31 heavy (non-hydrogen) atoms. The predicted molar refractivity (Wildman–Crippen MR) is 122 cm³/mol. The zero-order valence-corrected chi connectivity index (χ0v) is 18.3. The van der Waals surface area contributed by atoms with Crippen LogP contribution in [0.15, 0.2) is 60.7 Å². The van der Waals surface area contributed by atoms with E-state index in [2.05, 4.69) is 34.1 Å². The molecule has 6 nitrogen and oxygen atoms in total. The molecule has 1 unspecified atom stereocenters. The van der Waals surface area contributed by atoms with Gasteiger partial charge >= 0.3 is 0 Å². The van der Waals surface area contributed by atoms with Crippen LogP contribution in [0.3, 0.4) is 0 Å². The van der Waals surface area contributed by atoms with Gasteiger partial charge in [0.2, 0.25) is 5.91 Å². The first-order valence-corrected chi connectivity index (χ1v) is 11.3. The molecule has 1 atom stereocenters. The van der Waals surface area contributed by atoms with E-state index in [1.54, 1.807) is 0 Å². The van der Waals surface area contributed by atoms with Crippen LogP contribution in [-0.4, -0.2) is 89.8 Å². The molecule has 0 saturated carbocycles. The Bertz CT molecular complexity index is 858. The molecule has 0 spiro atoms. The summed E-state index contributed by atoms with van der Waals surface area (Å²) < 4.78 is 0. The number of piperazine rings is 2. The SMILES string of the molecule is CC(C(=O)N1CCN(Cc2ccccc2)CC1)N1CCN(C(=O)c2ccccc2)CC1. The zero-order valence-electron chi connectivity index (χ0n) is 18.3. The normalized spacial score (nSPS) is 19.3. The second-order valence-corrected chi connectivity index (χ2v) is 8.46. The number of carbonyl (C=O) groups excluding carboxylic acids is 2. The van der Waals surface area contributed by atoms with Crippen LogP contribution in [0.1, 0.15) is 22.8 Å². The van der Waals surface area contributed by atoms with Gasteiger partial charge in [-0.15, -0.1) is 0 Å². The molecular weight excluding hydrogens is 388 g/mol.